The van der Waals surface area contributed by atoms with Crippen molar-refractivity contribution in [3.8, 4) is 0 Å². The zero-order chi connectivity index (χ0) is 32.5. The first-order chi connectivity index (χ1) is 21.5. The second-order valence-corrected chi connectivity index (χ2v) is 31.6. The molecule has 0 spiro atoms. The van der Waals surface area contributed by atoms with Crippen LogP contribution >= 0.6 is 0 Å². The Kier molecular flexibility index (Phi) is 13.1. The highest BCUT2D eigenvalue weighted by Gasteiger charge is 2.61. The van der Waals surface area contributed by atoms with Crippen LogP contribution in [0.5, 0.6) is 0 Å². The van der Waals surface area contributed by atoms with Crippen molar-refractivity contribution in [3.63, 3.8) is 0 Å². The molecule has 0 bridgehead atoms. The quantitative estimate of drug-likeness (QED) is 0.163. The smallest absolute Gasteiger partial charge is 0.416 e. The minimum Gasteiger partial charge on any atom is -0.416 e. The molecule has 0 heterocycles. The average Bonchev–Trinajstić information content (AvgIpc) is 3.01. The topological polar surface area (TPSA) is 55.4 Å². The lowest BCUT2D eigenvalue weighted by molar-refractivity contribution is 0.224. The summed E-state index contributed by atoms with van der Waals surface area (Å²) in [7, 11) is -17.7. The number of rotatable bonds is 16. The van der Waals surface area contributed by atoms with Gasteiger partial charge >= 0.3 is 26.2 Å². The predicted octanol–water partition coefficient (Wildman–Crippen LogP) is 3.97. The van der Waals surface area contributed by atoms with Crippen LogP contribution in [0, 0.1) is 0 Å². The van der Waals surface area contributed by atoms with Crippen molar-refractivity contribution in [2.75, 3.05) is 0 Å². The van der Waals surface area contributed by atoms with Gasteiger partial charge in [0.05, 0.1) is 0 Å². The Morgan fingerprint density at radius 1 is 0.333 bits per heavy atom. The van der Waals surface area contributed by atoms with E-state index in [1.54, 1.807) is 0 Å². The summed E-state index contributed by atoms with van der Waals surface area (Å²) in [5.74, 6) is 0. The summed E-state index contributed by atoms with van der Waals surface area (Å²) in [6.45, 7) is 17.4. The van der Waals surface area contributed by atoms with Gasteiger partial charge in [-0.25, -0.2) is 0 Å². The summed E-state index contributed by atoms with van der Waals surface area (Å²) < 4.78 is 44.0. The minimum absolute atomic E-state index is 0.949. The zero-order valence-corrected chi connectivity index (χ0v) is 35.4. The highest BCUT2D eigenvalue weighted by atomic mass is 28.5. The molecule has 0 saturated heterocycles. The number of hydrogen-bond acceptors (Lipinski definition) is 6. The largest absolute Gasteiger partial charge is 0.507 e. The lowest BCUT2D eigenvalue weighted by Crippen LogP contribution is -2.78. The monoisotopic (exact) mass is 724 g/mol. The van der Waals surface area contributed by atoms with Crippen LogP contribution < -0.4 is 20.7 Å². The Labute approximate surface area is 280 Å². The molecule has 0 unspecified atom stereocenters. The Hall–Kier alpha value is -1.84. The van der Waals surface area contributed by atoms with E-state index in [9.17, 15) is 0 Å². The first-order valence-corrected chi connectivity index (χ1v) is 32.2. The van der Waals surface area contributed by atoms with Crippen LogP contribution in [0.25, 0.3) is 0 Å². The van der Waals surface area contributed by atoms with E-state index < -0.39 is 62.3 Å². The predicted molar refractivity (Wildman–Crippen MR) is 204 cm³/mol. The van der Waals surface area contributed by atoms with Crippen molar-refractivity contribution in [3.05, 3.63) is 121 Å². The third-order valence-electron chi connectivity index (χ3n) is 6.68. The summed E-state index contributed by atoms with van der Waals surface area (Å²) in [5.41, 5.74) is 0. The zero-order valence-electron chi connectivity index (χ0n) is 27.8. The molecule has 0 N–H and O–H groups in total. The number of benzene rings is 4. The van der Waals surface area contributed by atoms with Gasteiger partial charge in [-0.3, -0.25) is 0 Å². The molecular formula is C32H48O6Si7. The van der Waals surface area contributed by atoms with Gasteiger partial charge in [-0.1, -0.05) is 121 Å². The summed E-state index contributed by atoms with van der Waals surface area (Å²) in [4.78, 5) is 0. The lowest BCUT2D eigenvalue weighted by Gasteiger charge is -2.46. The van der Waals surface area contributed by atoms with Gasteiger partial charge in [0.1, 0.15) is 0 Å². The van der Waals surface area contributed by atoms with Crippen LogP contribution in [-0.4, -0.2) is 62.3 Å². The molecule has 4 rings (SSSR count). The molecule has 0 aliphatic heterocycles. The van der Waals surface area contributed by atoms with E-state index >= 15 is 0 Å². The molecule has 0 atom stereocenters. The molecule has 0 aliphatic rings. The molecule has 6 nitrogen and oxygen atoms in total. The first kappa shape index (κ1) is 36.0. The van der Waals surface area contributed by atoms with E-state index in [1.807, 2.05) is 48.5 Å². The molecule has 0 saturated carbocycles. The normalized spacial score (nSPS) is 12.9. The molecule has 45 heavy (non-hydrogen) atoms. The molecule has 13 heteroatoms. The number of hydrogen-bond donors (Lipinski definition) is 0. The molecule has 0 amide bonds. The van der Waals surface area contributed by atoms with Gasteiger partial charge in [0, 0.05) is 10.4 Å². The van der Waals surface area contributed by atoms with Crippen molar-refractivity contribution in [2.45, 2.75) is 52.4 Å². The van der Waals surface area contributed by atoms with Crippen molar-refractivity contribution in [2.24, 2.45) is 0 Å². The fourth-order valence-electron chi connectivity index (χ4n) is 5.18. The van der Waals surface area contributed by atoms with Crippen LogP contribution in [0.1, 0.15) is 0 Å². The minimum atomic E-state index is -3.74. The van der Waals surface area contributed by atoms with Gasteiger partial charge in [-0.2, -0.15) is 0 Å². The van der Waals surface area contributed by atoms with Crippen molar-refractivity contribution < 1.29 is 24.7 Å². The van der Waals surface area contributed by atoms with Gasteiger partial charge in [0.25, 0.3) is 0 Å². The Balaban J connectivity index is 2.12. The fraction of sp³-hybridized carbons (Fsp3) is 0.250. The Bertz CT molecular complexity index is 1300. The Morgan fingerprint density at radius 2 is 0.556 bits per heavy atom. The fourth-order valence-corrected chi connectivity index (χ4v) is 30.4. The van der Waals surface area contributed by atoms with E-state index in [2.05, 4.69) is 125 Å². The van der Waals surface area contributed by atoms with Gasteiger partial charge in [0.15, 0.2) is 36.2 Å². The Morgan fingerprint density at radius 3 is 0.778 bits per heavy atom. The third-order valence-corrected chi connectivity index (χ3v) is 27.9. The van der Waals surface area contributed by atoms with Crippen LogP contribution in [0.2, 0.25) is 52.4 Å². The first-order valence-electron chi connectivity index (χ1n) is 15.8. The standard InChI is InChI=1S/C32H48O6Si7/c1-39(2)33-44(34-40(3)4,31-25-17-11-18-26-31)37-43(29-21-13-9-14-22-29,30-23-15-10-16-24-30)38-45(35-41(5)6,36-42(7)8)32-27-19-12-20-28-32/h9-28,39-42H,1-8H3. The molecule has 4 aromatic carbocycles. The highest BCUT2D eigenvalue weighted by molar-refractivity contribution is 7.05. The molecule has 0 radical (unpaired) electrons. The third kappa shape index (κ3) is 9.16. The molecule has 240 valence electrons. The van der Waals surface area contributed by atoms with Crippen LogP contribution in [0.3, 0.4) is 0 Å². The van der Waals surface area contributed by atoms with Crippen LogP contribution in [-0.2, 0) is 24.7 Å². The molecule has 4 aromatic rings. The molecule has 0 fully saturated rings. The van der Waals surface area contributed by atoms with E-state index in [0.717, 1.165) is 20.7 Å². The van der Waals surface area contributed by atoms with Crippen molar-refractivity contribution in [1.29, 1.82) is 0 Å². The second-order valence-electron chi connectivity index (χ2n) is 12.1. The maximum absolute atomic E-state index is 7.83. The maximum atomic E-state index is 7.83. The second kappa shape index (κ2) is 16.3. The van der Waals surface area contributed by atoms with Crippen molar-refractivity contribution >= 4 is 83.1 Å². The average molecular weight is 725 g/mol. The SMILES string of the molecule is C[SiH](C)O[Si](O[SiH](C)C)(O[Si](O[Si](O[SiH](C)C)(O[SiH](C)C)c1ccccc1)(c1ccccc1)c1ccccc1)c1ccccc1. The summed E-state index contributed by atoms with van der Waals surface area (Å²) in [6.07, 6.45) is 0. The molecular weight excluding hydrogens is 677 g/mol. The van der Waals surface area contributed by atoms with Gasteiger partial charge < -0.3 is 24.7 Å². The summed E-state index contributed by atoms with van der Waals surface area (Å²) >= 11 is 0. The van der Waals surface area contributed by atoms with E-state index in [4.69, 9.17) is 24.7 Å². The van der Waals surface area contributed by atoms with Crippen molar-refractivity contribution in [1.82, 2.24) is 0 Å². The maximum Gasteiger partial charge on any atom is 0.507 e. The molecule has 0 aromatic heterocycles. The van der Waals surface area contributed by atoms with Crippen LogP contribution in [0.15, 0.2) is 121 Å². The van der Waals surface area contributed by atoms with Gasteiger partial charge in [0.2, 0.25) is 0 Å². The lowest BCUT2D eigenvalue weighted by atomic mass is 10.4. The molecule has 0 aliphatic carbocycles. The van der Waals surface area contributed by atoms with E-state index in [0.29, 0.717) is 0 Å². The van der Waals surface area contributed by atoms with E-state index in [1.165, 1.54) is 0 Å². The van der Waals surface area contributed by atoms with Gasteiger partial charge in [-0.05, 0) is 62.7 Å². The summed E-state index contributed by atoms with van der Waals surface area (Å²) in [6, 6.07) is 41.3. The van der Waals surface area contributed by atoms with Crippen LogP contribution in [0.4, 0.5) is 0 Å². The highest BCUT2D eigenvalue weighted by Crippen LogP contribution is 2.27. The summed E-state index contributed by atoms with van der Waals surface area (Å²) in [5, 5.41) is 3.82. The van der Waals surface area contributed by atoms with Gasteiger partial charge in [-0.15, -0.1) is 0 Å². The van der Waals surface area contributed by atoms with E-state index in [-0.39, 0.29) is 0 Å².